The molecule has 3 fully saturated rings. The molecule has 4 unspecified atom stereocenters. The molecule has 1 heteroatoms. The number of hydrogen-bond donors (Lipinski definition) is 1. The molecule has 1 nitrogen and oxygen atoms in total. The fourth-order valence-corrected chi connectivity index (χ4v) is 6.28. The summed E-state index contributed by atoms with van der Waals surface area (Å²) in [5.41, 5.74) is 4.34. The Hall–Kier alpha value is -1.08. The minimum atomic E-state index is -0.329. The lowest BCUT2D eigenvalue weighted by molar-refractivity contribution is 0.112. The second kappa shape index (κ2) is 9.16. The molecule has 3 rings (SSSR count). The van der Waals surface area contributed by atoms with Gasteiger partial charge in [-0.1, -0.05) is 64.2 Å². The average Bonchev–Trinajstić information content (AvgIpc) is 3.00. The number of aliphatic hydroxyl groups is 1. The van der Waals surface area contributed by atoms with Crippen molar-refractivity contribution in [1.29, 1.82) is 0 Å². The summed E-state index contributed by atoms with van der Waals surface area (Å²) in [7, 11) is 0. The lowest BCUT2D eigenvalue weighted by Gasteiger charge is -2.44. The fraction of sp³-hybridized carbons (Fsp3) is 0.704. The van der Waals surface area contributed by atoms with Crippen LogP contribution in [0.2, 0.25) is 0 Å². The first kappa shape index (κ1) is 21.6. The van der Waals surface area contributed by atoms with E-state index in [1.54, 1.807) is 5.57 Å². The number of aliphatic hydroxyl groups excluding tert-OH is 1. The van der Waals surface area contributed by atoms with E-state index in [-0.39, 0.29) is 6.10 Å². The van der Waals surface area contributed by atoms with E-state index in [0.717, 1.165) is 42.6 Å². The van der Waals surface area contributed by atoms with E-state index < -0.39 is 0 Å². The minimum absolute atomic E-state index is 0.329. The van der Waals surface area contributed by atoms with Crippen LogP contribution in [0.3, 0.4) is 0 Å². The Morgan fingerprint density at radius 3 is 2.64 bits per heavy atom. The zero-order valence-corrected chi connectivity index (χ0v) is 18.7. The molecule has 0 aromatic rings. The van der Waals surface area contributed by atoms with Gasteiger partial charge in [0, 0.05) is 0 Å². The monoisotopic (exact) mass is 382 g/mol. The van der Waals surface area contributed by atoms with E-state index in [9.17, 15) is 5.11 Å². The van der Waals surface area contributed by atoms with Crippen LogP contribution < -0.4 is 0 Å². The first-order valence-corrected chi connectivity index (χ1v) is 11.8. The number of hydrogen-bond acceptors (Lipinski definition) is 1. The molecule has 3 saturated carbocycles. The summed E-state index contributed by atoms with van der Waals surface area (Å²) in [6, 6.07) is 0. The van der Waals surface area contributed by atoms with Crippen LogP contribution in [-0.4, -0.2) is 11.2 Å². The average molecular weight is 383 g/mol. The van der Waals surface area contributed by atoms with Crippen LogP contribution in [0.25, 0.3) is 0 Å². The molecule has 0 radical (unpaired) electrons. The fourth-order valence-electron chi connectivity index (χ4n) is 6.28. The van der Waals surface area contributed by atoms with Crippen LogP contribution >= 0.6 is 0 Å². The number of fused-ring (bicyclic) bond motifs is 1. The van der Waals surface area contributed by atoms with E-state index in [4.69, 9.17) is 0 Å². The van der Waals surface area contributed by atoms with E-state index in [2.05, 4.69) is 58.6 Å². The normalized spacial score (nSPS) is 37.9. The molecule has 0 bridgehead atoms. The van der Waals surface area contributed by atoms with Crippen LogP contribution in [0, 0.1) is 29.1 Å². The summed E-state index contributed by atoms with van der Waals surface area (Å²) in [5, 5.41) is 10.1. The molecule has 0 aromatic carbocycles. The summed E-state index contributed by atoms with van der Waals surface area (Å²) in [5.74, 6) is 2.98. The Bertz CT molecular complexity index is 649. The standard InChI is InChI=1S/C27H42O/c1-19(2)9-6-10-20(3)24-16-17-25-23(12-8-18-27(24,25)5)15-14-22-11-7-13-26(28)21(22)4/h6,10,14-15,19-20,24-26,28H,4,7-9,11-13,16-18H2,1-3,5H3/b10-6-,22-14-,23-15+/t20-,24?,25?,26?,27?/m1/s1. The molecule has 0 aromatic heterocycles. The lowest BCUT2D eigenvalue weighted by Crippen LogP contribution is -2.35. The van der Waals surface area contributed by atoms with Gasteiger partial charge in [-0.3, -0.25) is 0 Å². The van der Waals surface area contributed by atoms with Crippen molar-refractivity contribution in [2.75, 3.05) is 0 Å². The van der Waals surface area contributed by atoms with Gasteiger partial charge in [-0.2, -0.15) is 0 Å². The molecular weight excluding hydrogens is 340 g/mol. The highest BCUT2D eigenvalue weighted by atomic mass is 16.3. The molecule has 0 saturated heterocycles. The van der Waals surface area contributed by atoms with Crippen molar-refractivity contribution < 1.29 is 5.11 Å². The molecule has 0 amide bonds. The summed E-state index contributed by atoms with van der Waals surface area (Å²) in [4.78, 5) is 0. The third-order valence-electron chi connectivity index (χ3n) is 7.96. The van der Waals surface area contributed by atoms with Crippen molar-refractivity contribution in [3.63, 3.8) is 0 Å². The molecule has 3 aliphatic rings. The first-order chi connectivity index (χ1) is 13.3. The summed E-state index contributed by atoms with van der Waals surface area (Å²) in [6.45, 7) is 13.8. The second-order valence-electron chi connectivity index (χ2n) is 10.4. The minimum Gasteiger partial charge on any atom is -0.388 e. The zero-order valence-electron chi connectivity index (χ0n) is 18.7. The number of rotatable bonds is 5. The van der Waals surface area contributed by atoms with Gasteiger partial charge in [0.1, 0.15) is 0 Å². The van der Waals surface area contributed by atoms with Crippen molar-refractivity contribution in [2.24, 2.45) is 29.1 Å². The Morgan fingerprint density at radius 2 is 1.89 bits per heavy atom. The topological polar surface area (TPSA) is 20.2 Å². The van der Waals surface area contributed by atoms with Gasteiger partial charge in [-0.25, -0.2) is 0 Å². The molecule has 0 aliphatic heterocycles. The van der Waals surface area contributed by atoms with Gasteiger partial charge < -0.3 is 5.11 Å². The van der Waals surface area contributed by atoms with Crippen LogP contribution in [0.15, 0.2) is 47.6 Å². The quantitative estimate of drug-likeness (QED) is 0.491. The van der Waals surface area contributed by atoms with Crippen LogP contribution in [0.1, 0.15) is 85.5 Å². The Labute approximate surface area is 173 Å². The van der Waals surface area contributed by atoms with Crippen molar-refractivity contribution in [1.82, 2.24) is 0 Å². The smallest absolute Gasteiger partial charge is 0.0787 e. The molecule has 156 valence electrons. The SMILES string of the molecule is C=C1/C(=C\C=C2/CCCC3(C)C2CCC3[C@H](C)/C=C\CC(C)C)CCCC1O. The van der Waals surface area contributed by atoms with Crippen LogP contribution in [0.4, 0.5) is 0 Å². The maximum absolute atomic E-state index is 10.1. The molecule has 0 spiro atoms. The summed E-state index contributed by atoms with van der Waals surface area (Å²) >= 11 is 0. The third kappa shape index (κ3) is 4.56. The van der Waals surface area contributed by atoms with Gasteiger partial charge in [0.2, 0.25) is 0 Å². The highest BCUT2D eigenvalue weighted by molar-refractivity contribution is 5.37. The lowest BCUT2D eigenvalue weighted by atomic mass is 9.61. The van der Waals surface area contributed by atoms with Crippen LogP contribution in [0.5, 0.6) is 0 Å². The summed E-state index contributed by atoms with van der Waals surface area (Å²) in [6.07, 6.45) is 20.2. The second-order valence-corrected chi connectivity index (χ2v) is 10.4. The molecular formula is C27H42O. The van der Waals surface area contributed by atoms with Gasteiger partial charge in [0.25, 0.3) is 0 Å². The zero-order chi connectivity index (χ0) is 20.3. The van der Waals surface area contributed by atoms with Crippen LogP contribution in [-0.2, 0) is 0 Å². The predicted molar refractivity (Wildman–Crippen MR) is 121 cm³/mol. The maximum Gasteiger partial charge on any atom is 0.0787 e. The van der Waals surface area contributed by atoms with Gasteiger partial charge in [-0.05, 0) is 98.0 Å². The van der Waals surface area contributed by atoms with Gasteiger partial charge in [-0.15, -0.1) is 0 Å². The van der Waals surface area contributed by atoms with Crippen molar-refractivity contribution in [3.8, 4) is 0 Å². The molecule has 1 N–H and O–H groups in total. The highest BCUT2D eigenvalue weighted by Crippen LogP contribution is 2.59. The van der Waals surface area contributed by atoms with Crippen molar-refractivity contribution >= 4 is 0 Å². The van der Waals surface area contributed by atoms with E-state index in [1.807, 2.05) is 0 Å². The van der Waals surface area contributed by atoms with Gasteiger partial charge in [0.15, 0.2) is 0 Å². The Kier molecular flexibility index (Phi) is 7.07. The largest absolute Gasteiger partial charge is 0.388 e. The third-order valence-corrected chi connectivity index (χ3v) is 7.96. The molecule has 28 heavy (non-hydrogen) atoms. The molecule has 3 aliphatic carbocycles. The molecule has 5 atom stereocenters. The summed E-state index contributed by atoms with van der Waals surface area (Å²) < 4.78 is 0. The van der Waals surface area contributed by atoms with Gasteiger partial charge in [0.05, 0.1) is 6.10 Å². The van der Waals surface area contributed by atoms with Crippen molar-refractivity contribution in [2.45, 2.75) is 91.6 Å². The molecule has 0 heterocycles. The van der Waals surface area contributed by atoms with Crippen molar-refractivity contribution in [3.05, 3.63) is 47.6 Å². The van der Waals surface area contributed by atoms with E-state index >= 15 is 0 Å². The highest BCUT2D eigenvalue weighted by Gasteiger charge is 2.50. The Morgan fingerprint density at radius 1 is 1.11 bits per heavy atom. The maximum atomic E-state index is 10.1. The first-order valence-electron chi connectivity index (χ1n) is 11.8. The Balaban J connectivity index is 1.74. The predicted octanol–water partition coefficient (Wildman–Crippen LogP) is 7.40. The van der Waals surface area contributed by atoms with E-state index in [1.165, 1.54) is 44.1 Å². The van der Waals surface area contributed by atoms with E-state index in [0.29, 0.717) is 11.3 Å². The number of allylic oxidation sites excluding steroid dienone is 5. The van der Waals surface area contributed by atoms with Gasteiger partial charge >= 0.3 is 0 Å².